The zero-order chi connectivity index (χ0) is 16.7. The monoisotopic (exact) mass is 322 g/mol. The third-order valence-corrected chi connectivity index (χ3v) is 3.59. The zero-order valence-corrected chi connectivity index (χ0v) is 14.2. The molecular weight excluding hydrogens is 296 g/mol. The Morgan fingerprint density at radius 1 is 1.30 bits per heavy atom. The van der Waals surface area contributed by atoms with Gasteiger partial charge in [-0.25, -0.2) is 4.98 Å². The van der Waals surface area contributed by atoms with Gasteiger partial charge in [-0.1, -0.05) is 0 Å². The maximum atomic E-state index is 12.1. The van der Waals surface area contributed by atoms with Crippen molar-refractivity contribution in [1.82, 2.24) is 14.9 Å². The summed E-state index contributed by atoms with van der Waals surface area (Å²) in [7, 11) is 0. The van der Waals surface area contributed by atoms with E-state index >= 15 is 0 Å². The lowest BCUT2D eigenvalue weighted by Crippen LogP contribution is -2.49. The average Bonchev–Trinajstić information content (AvgIpc) is 2.55. The molecule has 2 heterocycles. The first-order valence-electron chi connectivity index (χ1n) is 8.20. The van der Waals surface area contributed by atoms with E-state index in [0.717, 1.165) is 13.1 Å². The molecule has 1 aromatic heterocycles. The van der Waals surface area contributed by atoms with E-state index in [0.29, 0.717) is 44.6 Å². The number of carbonyl (C=O) groups is 1. The van der Waals surface area contributed by atoms with Crippen molar-refractivity contribution in [2.75, 3.05) is 44.3 Å². The molecule has 0 radical (unpaired) electrons. The van der Waals surface area contributed by atoms with Crippen LogP contribution in [-0.4, -0.2) is 66.3 Å². The van der Waals surface area contributed by atoms with E-state index in [9.17, 15) is 4.79 Å². The maximum Gasteiger partial charge on any atom is 0.228 e. The minimum absolute atomic E-state index is 0.147. The molecule has 1 amide bonds. The predicted molar refractivity (Wildman–Crippen MR) is 87.7 cm³/mol. The lowest BCUT2D eigenvalue weighted by atomic mass is 10.3. The van der Waals surface area contributed by atoms with Crippen molar-refractivity contribution in [2.24, 2.45) is 0 Å². The predicted octanol–water partition coefficient (Wildman–Crippen LogP) is 1.34. The highest BCUT2D eigenvalue weighted by molar-refractivity contribution is 5.76. The van der Waals surface area contributed by atoms with Gasteiger partial charge in [0.2, 0.25) is 17.7 Å². The van der Waals surface area contributed by atoms with E-state index in [1.165, 1.54) is 0 Å². The number of anilines is 1. The molecular formula is C16H26N4O3. The number of amides is 1. The molecule has 1 aliphatic rings. The molecule has 23 heavy (non-hydrogen) atoms. The molecule has 0 aromatic carbocycles. The van der Waals surface area contributed by atoms with E-state index in [1.807, 2.05) is 25.7 Å². The number of piperazine rings is 1. The highest BCUT2D eigenvalue weighted by Crippen LogP contribution is 2.15. The normalized spacial score (nSPS) is 15.1. The molecule has 7 nitrogen and oxygen atoms in total. The van der Waals surface area contributed by atoms with Crippen molar-refractivity contribution in [3.8, 4) is 5.88 Å². The van der Waals surface area contributed by atoms with E-state index in [2.05, 4.69) is 14.9 Å². The van der Waals surface area contributed by atoms with Gasteiger partial charge in [0.05, 0.1) is 25.7 Å². The van der Waals surface area contributed by atoms with Gasteiger partial charge in [0.25, 0.3) is 0 Å². The van der Waals surface area contributed by atoms with E-state index in [-0.39, 0.29) is 12.0 Å². The molecule has 1 saturated heterocycles. The van der Waals surface area contributed by atoms with Crippen LogP contribution >= 0.6 is 0 Å². The van der Waals surface area contributed by atoms with Gasteiger partial charge in [-0.2, -0.15) is 4.98 Å². The Kier molecular flexibility index (Phi) is 6.58. The molecule has 1 aromatic rings. The second-order valence-electron chi connectivity index (χ2n) is 5.67. The molecule has 128 valence electrons. The third-order valence-electron chi connectivity index (χ3n) is 3.59. The fourth-order valence-corrected chi connectivity index (χ4v) is 2.41. The highest BCUT2D eigenvalue weighted by atomic mass is 16.5. The van der Waals surface area contributed by atoms with Crippen molar-refractivity contribution in [3.63, 3.8) is 0 Å². The fourth-order valence-electron chi connectivity index (χ4n) is 2.41. The van der Waals surface area contributed by atoms with Gasteiger partial charge in [-0.15, -0.1) is 0 Å². The van der Waals surface area contributed by atoms with E-state index in [4.69, 9.17) is 9.47 Å². The molecule has 0 N–H and O–H groups in total. The van der Waals surface area contributed by atoms with Crippen LogP contribution < -0.4 is 9.64 Å². The summed E-state index contributed by atoms with van der Waals surface area (Å²) in [5, 5.41) is 0. The van der Waals surface area contributed by atoms with Gasteiger partial charge in [0.15, 0.2) is 0 Å². The van der Waals surface area contributed by atoms with Gasteiger partial charge >= 0.3 is 0 Å². The van der Waals surface area contributed by atoms with Crippen LogP contribution in [0.5, 0.6) is 5.88 Å². The van der Waals surface area contributed by atoms with Crippen LogP contribution in [0.1, 0.15) is 27.2 Å². The van der Waals surface area contributed by atoms with Crippen molar-refractivity contribution in [2.45, 2.75) is 33.3 Å². The van der Waals surface area contributed by atoms with Crippen LogP contribution in [0.15, 0.2) is 12.3 Å². The van der Waals surface area contributed by atoms with Gasteiger partial charge in [0.1, 0.15) is 0 Å². The summed E-state index contributed by atoms with van der Waals surface area (Å²) < 4.78 is 10.8. The van der Waals surface area contributed by atoms with Gasteiger partial charge in [0, 0.05) is 38.4 Å². The number of hydrogen-bond donors (Lipinski definition) is 0. The Balaban J connectivity index is 1.81. The molecule has 0 unspecified atom stereocenters. The fraction of sp³-hybridized carbons (Fsp3) is 0.688. The van der Waals surface area contributed by atoms with Crippen LogP contribution in [0, 0.1) is 0 Å². The molecule has 1 aliphatic heterocycles. The largest absolute Gasteiger partial charge is 0.478 e. The summed E-state index contributed by atoms with van der Waals surface area (Å²) in [4.78, 5) is 24.8. The zero-order valence-electron chi connectivity index (χ0n) is 14.2. The quantitative estimate of drug-likeness (QED) is 0.754. The molecule has 7 heteroatoms. The molecule has 0 aliphatic carbocycles. The molecule has 0 spiro atoms. The molecule has 1 fully saturated rings. The molecule has 0 atom stereocenters. The topological polar surface area (TPSA) is 67.8 Å². The van der Waals surface area contributed by atoms with Crippen LogP contribution in [0.3, 0.4) is 0 Å². The summed E-state index contributed by atoms with van der Waals surface area (Å²) >= 11 is 0. The first kappa shape index (κ1) is 17.5. The number of rotatable bonds is 7. The Morgan fingerprint density at radius 3 is 2.70 bits per heavy atom. The SMILES string of the molecule is CCOc1ccnc(N2CCN(C(=O)CCOC(C)C)CC2)n1. The summed E-state index contributed by atoms with van der Waals surface area (Å²) in [6, 6.07) is 1.75. The van der Waals surface area contributed by atoms with Gasteiger partial charge < -0.3 is 19.3 Å². The first-order chi connectivity index (χ1) is 11.1. The second kappa shape index (κ2) is 8.67. The Morgan fingerprint density at radius 2 is 2.04 bits per heavy atom. The first-order valence-corrected chi connectivity index (χ1v) is 8.20. The van der Waals surface area contributed by atoms with E-state index in [1.54, 1.807) is 12.3 Å². The number of hydrogen-bond acceptors (Lipinski definition) is 6. The van der Waals surface area contributed by atoms with Crippen LogP contribution in [0.25, 0.3) is 0 Å². The minimum Gasteiger partial charge on any atom is -0.478 e. The second-order valence-corrected chi connectivity index (χ2v) is 5.67. The molecule has 2 rings (SSSR count). The highest BCUT2D eigenvalue weighted by Gasteiger charge is 2.22. The average molecular weight is 322 g/mol. The van der Waals surface area contributed by atoms with Crippen LogP contribution in [-0.2, 0) is 9.53 Å². The van der Waals surface area contributed by atoms with Crippen molar-refractivity contribution >= 4 is 11.9 Å². The Hall–Kier alpha value is -1.89. The number of carbonyl (C=O) groups excluding carboxylic acids is 1. The Bertz CT molecular complexity index is 502. The van der Waals surface area contributed by atoms with Gasteiger partial charge in [-0.3, -0.25) is 4.79 Å². The summed E-state index contributed by atoms with van der Waals surface area (Å²) in [5.74, 6) is 1.39. The summed E-state index contributed by atoms with van der Waals surface area (Å²) in [6.07, 6.45) is 2.30. The van der Waals surface area contributed by atoms with Crippen molar-refractivity contribution in [1.29, 1.82) is 0 Å². The lowest BCUT2D eigenvalue weighted by Gasteiger charge is -2.34. The summed E-state index contributed by atoms with van der Waals surface area (Å²) in [5.41, 5.74) is 0. The number of ether oxygens (including phenoxy) is 2. The number of nitrogens with zero attached hydrogens (tertiary/aromatic N) is 4. The van der Waals surface area contributed by atoms with Gasteiger partial charge in [-0.05, 0) is 20.8 Å². The standard InChI is InChI=1S/C16H26N4O3/c1-4-22-14-5-7-17-16(18-14)20-10-8-19(9-11-20)15(21)6-12-23-13(2)3/h5,7,13H,4,6,8-12H2,1-3H3. The van der Waals surface area contributed by atoms with E-state index < -0.39 is 0 Å². The third kappa shape index (κ3) is 5.35. The van der Waals surface area contributed by atoms with Crippen molar-refractivity contribution in [3.05, 3.63) is 12.3 Å². The molecule has 0 saturated carbocycles. The smallest absolute Gasteiger partial charge is 0.228 e. The Labute approximate surface area is 137 Å². The maximum absolute atomic E-state index is 12.1. The number of aromatic nitrogens is 2. The van der Waals surface area contributed by atoms with Crippen LogP contribution in [0.2, 0.25) is 0 Å². The summed E-state index contributed by atoms with van der Waals surface area (Å²) in [6.45, 7) is 9.76. The molecule has 0 bridgehead atoms. The lowest BCUT2D eigenvalue weighted by molar-refractivity contribution is -0.132. The van der Waals surface area contributed by atoms with Crippen molar-refractivity contribution < 1.29 is 14.3 Å². The minimum atomic E-state index is 0.147. The van der Waals surface area contributed by atoms with Crippen LogP contribution in [0.4, 0.5) is 5.95 Å².